The number of carbonyl (C=O) groups is 4. The van der Waals surface area contributed by atoms with Crippen molar-refractivity contribution in [2.75, 3.05) is 30.3 Å². The van der Waals surface area contributed by atoms with E-state index in [1.54, 1.807) is 24.3 Å². The molecule has 16 heteroatoms. The van der Waals surface area contributed by atoms with Crippen LogP contribution in [0.15, 0.2) is 60.7 Å². The molecule has 0 aliphatic carbocycles. The van der Waals surface area contributed by atoms with Crippen LogP contribution in [0.3, 0.4) is 0 Å². The van der Waals surface area contributed by atoms with Crippen molar-refractivity contribution in [3.63, 3.8) is 0 Å². The third-order valence-corrected chi connectivity index (χ3v) is 8.60. The standard InChI is InChI=1S/C32H28ClF4N7O4/c33-22-6-2-1-4-19(22)20-5-3-7-23(27(20)35)40-30(47)25-12-17(34)14-43(25)26(45)15-44-24-9-8-18(13-21(24)28(41-44)29(38)46)39-31(48)42-11-10-32(36,37)16-42/h1-9,13,17,25H,10-12,14-16H2,(H2,38,46)(H,39,48)(H,40,47). The second-order valence-electron chi connectivity index (χ2n) is 11.6. The smallest absolute Gasteiger partial charge is 0.322 e. The Labute approximate surface area is 275 Å². The van der Waals surface area contributed by atoms with Gasteiger partial charge in [-0.1, -0.05) is 41.9 Å². The highest BCUT2D eigenvalue weighted by Gasteiger charge is 2.41. The average Bonchev–Trinajstić information content (AvgIpc) is 3.73. The van der Waals surface area contributed by atoms with E-state index in [4.69, 9.17) is 17.3 Å². The van der Waals surface area contributed by atoms with E-state index in [-0.39, 0.29) is 46.5 Å². The first-order valence-corrected chi connectivity index (χ1v) is 15.2. The van der Waals surface area contributed by atoms with Gasteiger partial charge in [0.1, 0.15) is 18.8 Å². The summed E-state index contributed by atoms with van der Waals surface area (Å²) in [4.78, 5) is 53.6. The first kappa shape index (κ1) is 32.7. The summed E-state index contributed by atoms with van der Waals surface area (Å²) in [6.45, 7) is -1.79. The molecule has 4 N–H and O–H groups in total. The van der Waals surface area contributed by atoms with Gasteiger partial charge in [-0.2, -0.15) is 5.10 Å². The van der Waals surface area contributed by atoms with E-state index in [1.807, 2.05) is 0 Å². The average molecular weight is 686 g/mol. The van der Waals surface area contributed by atoms with Crippen LogP contribution in [0, 0.1) is 5.82 Å². The number of urea groups is 1. The van der Waals surface area contributed by atoms with Gasteiger partial charge in [0, 0.05) is 46.6 Å². The van der Waals surface area contributed by atoms with Gasteiger partial charge in [-0.05, 0) is 30.3 Å². The number of hydrogen-bond acceptors (Lipinski definition) is 5. The minimum atomic E-state index is -2.98. The minimum Gasteiger partial charge on any atom is -0.364 e. The Kier molecular flexibility index (Phi) is 8.72. The van der Waals surface area contributed by atoms with Gasteiger partial charge in [0.25, 0.3) is 11.8 Å². The van der Waals surface area contributed by atoms with Gasteiger partial charge in [-0.25, -0.2) is 22.4 Å². The summed E-state index contributed by atoms with van der Waals surface area (Å²) in [5.74, 6) is -6.21. The number of fused-ring (bicyclic) bond motifs is 1. The number of rotatable bonds is 7. The van der Waals surface area contributed by atoms with Crippen molar-refractivity contribution in [2.45, 2.75) is 37.5 Å². The third kappa shape index (κ3) is 6.50. The van der Waals surface area contributed by atoms with E-state index in [9.17, 15) is 32.3 Å². The molecule has 1 aromatic heterocycles. The zero-order chi connectivity index (χ0) is 34.3. The summed E-state index contributed by atoms with van der Waals surface area (Å²) in [5, 5.41) is 9.58. The molecular weight excluding hydrogens is 658 g/mol. The summed E-state index contributed by atoms with van der Waals surface area (Å²) in [5.41, 5.74) is 6.05. The Morgan fingerprint density at radius 2 is 1.77 bits per heavy atom. The van der Waals surface area contributed by atoms with Crippen LogP contribution in [0.5, 0.6) is 0 Å². The second kappa shape index (κ2) is 12.8. The van der Waals surface area contributed by atoms with Gasteiger partial charge >= 0.3 is 6.03 Å². The van der Waals surface area contributed by atoms with Gasteiger partial charge in [0.05, 0.1) is 24.3 Å². The Morgan fingerprint density at radius 1 is 1.02 bits per heavy atom. The van der Waals surface area contributed by atoms with Crippen LogP contribution < -0.4 is 16.4 Å². The zero-order valence-corrected chi connectivity index (χ0v) is 25.8. The quantitative estimate of drug-likeness (QED) is 0.234. The molecule has 48 heavy (non-hydrogen) atoms. The molecule has 2 saturated heterocycles. The largest absolute Gasteiger partial charge is 0.364 e. The molecule has 250 valence electrons. The number of benzene rings is 3. The maximum Gasteiger partial charge on any atom is 0.322 e. The Morgan fingerprint density at radius 3 is 2.48 bits per heavy atom. The molecule has 2 aliphatic rings. The molecule has 2 atom stereocenters. The number of amides is 5. The van der Waals surface area contributed by atoms with Gasteiger partial charge in [0.15, 0.2) is 11.5 Å². The minimum absolute atomic E-state index is 0.132. The van der Waals surface area contributed by atoms with Crippen molar-refractivity contribution in [2.24, 2.45) is 5.73 Å². The molecule has 11 nitrogen and oxygen atoms in total. The highest BCUT2D eigenvalue weighted by Crippen LogP contribution is 2.33. The number of halogens is 5. The fourth-order valence-electron chi connectivity index (χ4n) is 5.93. The van der Waals surface area contributed by atoms with E-state index >= 15 is 4.39 Å². The topological polar surface area (TPSA) is 143 Å². The summed E-state index contributed by atoms with van der Waals surface area (Å²) in [7, 11) is 0. The van der Waals surface area contributed by atoms with Crippen LogP contribution in [0.2, 0.25) is 5.02 Å². The van der Waals surface area contributed by atoms with Crippen molar-refractivity contribution in [1.29, 1.82) is 0 Å². The van der Waals surface area contributed by atoms with E-state index in [2.05, 4.69) is 15.7 Å². The molecular formula is C32H28ClF4N7O4. The van der Waals surface area contributed by atoms with Crippen LogP contribution >= 0.6 is 11.6 Å². The summed E-state index contributed by atoms with van der Waals surface area (Å²) >= 11 is 6.23. The highest BCUT2D eigenvalue weighted by atomic mass is 35.5. The Hall–Kier alpha value is -5.18. The lowest BCUT2D eigenvalue weighted by Gasteiger charge is -2.24. The number of primary amides is 1. The third-order valence-electron chi connectivity index (χ3n) is 8.27. The van der Waals surface area contributed by atoms with Gasteiger partial charge < -0.3 is 26.2 Å². The second-order valence-corrected chi connectivity index (χ2v) is 12.0. The lowest BCUT2D eigenvalue weighted by atomic mass is 10.0. The fourth-order valence-corrected chi connectivity index (χ4v) is 6.17. The molecule has 2 fully saturated rings. The first-order valence-electron chi connectivity index (χ1n) is 14.8. The molecule has 6 rings (SSSR count). The van der Waals surface area contributed by atoms with Crippen LogP contribution in [-0.4, -0.2) is 81.1 Å². The van der Waals surface area contributed by atoms with Crippen LogP contribution in [-0.2, 0) is 16.1 Å². The molecule has 2 unspecified atom stereocenters. The molecule has 0 bridgehead atoms. The number of likely N-dealkylation sites (tertiary alicyclic amines) is 2. The van der Waals surface area contributed by atoms with Gasteiger partial charge in [-0.3, -0.25) is 19.1 Å². The highest BCUT2D eigenvalue weighted by molar-refractivity contribution is 6.33. The summed E-state index contributed by atoms with van der Waals surface area (Å²) in [6.07, 6.45) is -2.33. The first-order chi connectivity index (χ1) is 22.8. The number of alkyl halides is 3. The van der Waals surface area contributed by atoms with Crippen molar-refractivity contribution in [1.82, 2.24) is 19.6 Å². The number of nitrogens with two attached hydrogens (primary N) is 1. The van der Waals surface area contributed by atoms with Gasteiger partial charge in [-0.15, -0.1) is 0 Å². The van der Waals surface area contributed by atoms with Crippen molar-refractivity contribution in [3.8, 4) is 11.1 Å². The number of hydrogen-bond donors (Lipinski definition) is 3. The maximum atomic E-state index is 15.5. The molecule has 0 spiro atoms. The monoisotopic (exact) mass is 685 g/mol. The van der Waals surface area contributed by atoms with E-state index < -0.39 is 73.8 Å². The van der Waals surface area contributed by atoms with Crippen LogP contribution in [0.4, 0.5) is 33.7 Å². The zero-order valence-electron chi connectivity index (χ0n) is 25.1. The number of nitrogens with one attached hydrogen (secondary N) is 2. The van der Waals surface area contributed by atoms with Crippen molar-refractivity contribution >= 4 is 57.6 Å². The lowest BCUT2D eigenvalue weighted by molar-refractivity contribution is -0.137. The van der Waals surface area contributed by atoms with Crippen LogP contribution in [0.1, 0.15) is 23.3 Å². The predicted molar refractivity (Wildman–Crippen MR) is 169 cm³/mol. The molecule has 0 saturated carbocycles. The number of aromatic nitrogens is 2. The van der Waals surface area contributed by atoms with Crippen LogP contribution in [0.25, 0.3) is 22.0 Å². The summed E-state index contributed by atoms with van der Waals surface area (Å²) < 4.78 is 58.5. The van der Waals surface area contributed by atoms with E-state index in [0.717, 1.165) is 14.5 Å². The SMILES string of the molecule is NC(=O)c1nn(CC(=O)N2CC(F)CC2C(=O)Nc2cccc(-c3ccccc3Cl)c2F)c2ccc(NC(=O)N3CCC(F)(F)C3)cc12. The predicted octanol–water partition coefficient (Wildman–Crippen LogP) is 5.05. The maximum absolute atomic E-state index is 15.5. The molecule has 3 heterocycles. The summed E-state index contributed by atoms with van der Waals surface area (Å²) in [6, 6.07) is 13.1. The lowest BCUT2D eigenvalue weighted by Crippen LogP contribution is -2.44. The van der Waals surface area contributed by atoms with E-state index in [0.29, 0.717) is 10.6 Å². The molecule has 0 radical (unpaired) electrons. The number of nitrogens with zero attached hydrogens (tertiary/aromatic N) is 4. The van der Waals surface area contributed by atoms with Crippen molar-refractivity contribution < 1.29 is 36.7 Å². The normalized spacial score (nSPS) is 18.7. The molecule has 5 amide bonds. The van der Waals surface area contributed by atoms with Gasteiger partial charge in [0.2, 0.25) is 11.8 Å². The molecule has 3 aromatic carbocycles. The molecule has 2 aliphatic heterocycles. The fraction of sp³-hybridized carbons (Fsp3) is 0.281. The Bertz CT molecular complexity index is 1950. The number of carbonyl (C=O) groups excluding carboxylic acids is 4. The van der Waals surface area contributed by atoms with Crippen molar-refractivity contribution in [3.05, 3.63) is 77.2 Å². The Balaban J connectivity index is 1.20. The number of anilines is 2. The molecule has 4 aromatic rings. The van der Waals surface area contributed by atoms with E-state index in [1.165, 1.54) is 36.4 Å².